The molecule has 0 aromatic heterocycles. The zero-order valence-electron chi connectivity index (χ0n) is 22.9. The van der Waals surface area contributed by atoms with Gasteiger partial charge in [0.1, 0.15) is 5.75 Å². The van der Waals surface area contributed by atoms with Crippen molar-refractivity contribution in [1.82, 2.24) is 0 Å². The Morgan fingerprint density at radius 2 is 1.26 bits per heavy atom. The van der Waals surface area contributed by atoms with E-state index in [2.05, 4.69) is 34.6 Å². The van der Waals surface area contributed by atoms with Gasteiger partial charge in [-0.25, -0.2) is 0 Å². The Hall–Kier alpha value is -2.04. The van der Waals surface area contributed by atoms with E-state index in [4.69, 9.17) is 4.74 Å². The van der Waals surface area contributed by atoms with Gasteiger partial charge in [-0.2, -0.15) is 0 Å². The molecule has 35 heavy (non-hydrogen) atoms. The first-order valence-corrected chi connectivity index (χ1v) is 13.9. The van der Waals surface area contributed by atoms with E-state index in [9.17, 15) is 19.8 Å². The summed E-state index contributed by atoms with van der Waals surface area (Å²) in [6.07, 6.45) is 12.0. The lowest BCUT2D eigenvalue weighted by Crippen LogP contribution is -2.21. The Kier molecular flexibility index (Phi) is 15.4. The number of carboxylic acids is 2. The molecule has 0 amide bonds. The molecular weight excluding hydrogens is 440 g/mol. The summed E-state index contributed by atoms with van der Waals surface area (Å²) in [5.74, 6) is -2.05. The van der Waals surface area contributed by atoms with Crippen molar-refractivity contribution in [3.8, 4) is 5.75 Å². The summed E-state index contributed by atoms with van der Waals surface area (Å²) < 4.78 is 6.16. The van der Waals surface area contributed by atoms with Crippen LogP contribution in [0.2, 0.25) is 0 Å². The standard InChI is InChI=1S/C30H50O5/c1-6-7-8-9-10-11-12-13-21-35-27-16-14-15-24(25(29(31)32)19-17-22(2)3)28(27)26(30(33)34)20-18-23(4)5/h14-16,22-23,25-26H,6-13,17-21H2,1-5H3,(H,31,32)(H,33,34). The van der Waals surface area contributed by atoms with Crippen molar-refractivity contribution in [2.45, 2.75) is 124 Å². The van der Waals surface area contributed by atoms with Crippen LogP contribution in [0, 0.1) is 11.8 Å². The van der Waals surface area contributed by atoms with Gasteiger partial charge in [0.2, 0.25) is 0 Å². The molecule has 0 spiro atoms. The fourth-order valence-electron chi connectivity index (χ4n) is 4.58. The predicted octanol–water partition coefficient (Wildman–Crippen LogP) is 8.41. The molecular formula is C30H50O5. The molecule has 0 radical (unpaired) electrons. The molecule has 2 unspecified atom stereocenters. The van der Waals surface area contributed by atoms with E-state index in [1.54, 1.807) is 6.07 Å². The summed E-state index contributed by atoms with van der Waals surface area (Å²) in [4.78, 5) is 24.7. The van der Waals surface area contributed by atoms with E-state index in [1.165, 1.54) is 38.5 Å². The van der Waals surface area contributed by atoms with E-state index in [0.29, 0.717) is 48.2 Å². The second-order valence-electron chi connectivity index (χ2n) is 10.8. The third kappa shape index (κ3) is 12.0. The van der Waals surface area contributed by atoms with Crippen molar-refractivity contribution in [2.75, 3.05) is 6.61 Å². The maximum atomic E-state index is 12.4. The lowest BCUT2D eigenvalue weighted by molar-refractivity contribution is -0.140. The van der Waals surface area contributed by atoms with Gasteiger partial charge in [-0.3, -0.25) is 9.59 Å². The molecule has 0 fully saturated rings. The van der Waals surface area contributed by atoms with Crippen LogP contribution in [0.1, 0.15) is 135 Å². The zero-order valence-corrected chi connectivity index (χ0v) is 22.9. The SMILES string of the molecule is CCCCCCCCCCOc1cccc(C(CCC(C)C)C(=O)O)c1C(CCC(C)C)C(=O)O. The van der Waals surface area contributed by atoms with Gasteiger partial charge in [0.05, 0.1) is 18.4 Å². The Balaban J connectivity index is 3.09. The van der Waals surface area contributed by atoms with Crippen LogP contribution in [0.4, 0.5) is 0 Å². The third-order valence-corrected chi connectivity index (χ3v) is 6.74. The Labute approximate surface area is 213 Å². The first kappa shape index (κ1) is 31.0. The molecule has 0 aliphatic rings. The van der Waals surface area contributed by atoms with Crippen LogP contribution >= 0.6 is 0 Å². The number of benzene rings is 1. The van der Waals surface area contributed by atoms with Crippen LogP contribution in [0.5, 0.6) is 5.75 Å². The number of carboxylic acid groups (broad SMARTS) is 2. The number of unbranched alkanes of at least 4 members (excludes halogenated alkanes) is 7. The Morgan fingerprint density at radius 3 is 1.77 bits per heavy atom. The summed E-state index contributed by atoms with van der Waals surface area (Å²) in [7, 11) is 0. The highest BCUT2D eigenvalue weighted by molar-refractivity contribution is 5.82. The minimum absolute atomic E-state index is 0.363. The fourth-order valence-corrected chi connectivity index (χ4v) is 4.58. The lowest BCUT2D eigenvalue weighted by atomic mass is 9.81. The molecule has 0 saturated carbocycles. The second-order valence-corrected chi connectivity index (χ2v) is 10.8. The Bertz CT molecular complexity index is 740. The van der Waals surface area contributed by atoms with Crippen molar-refractivity contribution >= 4 is 11.9 Å². The van der Waals surface area contributed by atoms with Crippen LogP contribution in [0.25, 0.3) is 0 Å². The van der Waals surface area contributed by atoms with Crippen molar-refractivity contribution in [3.63, 3.8) is 0 Å². The highest BCUT2D eigenvalue weighted by Gasteiger charge is 2.32. The highest BCUT2D eigenvalue weighted by Crippen LogP contribution is 2.39. The van der Waals surface area contributed by atoms with E-state index in [1.807, 2.05) is 12.1 Å². The van der Waals surface area contributed by atoms with Crippen molar-refractivity contribution in [2.24, 2.45) is 11.8 Å². The van der Waals surface area contributed by atoms with E-state index in [-0.39, 0.29) is 0 Å². The number of aliphatic carboxylic acids is 2. The van der Waals surface area contributed by atoms with Crippen LogP contribution < -0.4 is 4.74 Å². The van der Waals surface area contributed by atoms with Gasteiger partial charge < -0.3 is 14.9 Å². The van der Waals surface area contributed by atoms with Crippen molar-refractivity contribution in [3.05, 3.63) is 29.3 Å². The van der Waals surface area contributed by atoms with Crippen LogP contribution in [-0.2, 0) is 9.59 Å². The van der Waals surface area contributed by atoms with Gasteiger partial charge in [0.15, 0.2) is 0 Å². The van der Waals surface area contributed by atoms with Gasteiger partial charge in [-0.1, -0.05) is 91.7 Å². The molecule has 200 valence electrons. The topological polar surface area (TPSA) is 83.8 Å². The number of hydrogen-bond acceptors (Lipinski definition) is 3. The highest BCUT2D eigenvalue weighted by atomic mass is 16.5. The molecule has 0 heterocycles. The molecule has 2 N–H and O–H groups in total. The van der Waals surface area contributed by atoms with Gasteiger partial charge in [-0.05, 0) is 55.6 Å². The molecule has 5 nitrogen and oxygen atoms in total. The maximum absolute atomic E-state index is 12.4. The van der Waals surface area contributed by atoms with Crippen molar-refractivity contribution in [1.29, 1.82) is 0 Å². The summed E-state index contributed by atoms with van der Waals surface area (Å²) in [6.45, 7) is 11.0. The number of hydrogen-bond donors (Lipinski definition) is 2. The van der Waals surface area contributed by atoms with Crippen molar-refractivity contribution < 1.29 is 24.5 Å². The van der Waals surface area contributed by atoms with E-state index >= 15 is 0 Å². The van der Waals surface area contributed by atoms with E-state index < -0.39 is 23.8 Å². The zero-order chi connectivity index (χ0) is 26.2. The average Bonchev–Trinajstić information content (AvgIpc) is 2.78. The number of carbonyl (C=O) groups is 2. The number of ether oxygens (including phenoxy) is 1. The summed E-state index contributed by atoms with van der Waals surface area (Å²) in [6, 6.07) is 5.42. The van der Waals surface area contributed by atoms with Gasteiger partial charge in [-0.15, -0.1) is 0 Å². The van der Waals surface area contributed by atoms with Gasteiger partial charge in [0.25, 0.3) is 0 Å². The second kappa shape index (κ2) is 17.4. The largest absolute Gasteiger partial charge is 0.493 e. The van der Waals surface area contributed by atoms with Crippen LogP contribution in [0.15, 0.2) is 18.2 Å². The molecule has 5 heteroatoms. The normalized spacial score (nSPS) is 13.2. The monoisotopic (exact) mass is 490 g/mol. The minimum Gasteiger partial charge on any atom is -0.493 e. The van der Waals surface area contributed by atoms with Gasteiger partial charge in [0, 0.05) is 5.56 Å². The molecule has 0 bridgehead atoms. The fraction of sp³-hybridized carbons (Fsp3) is 0.733. The first-order chi connectivity index (χ1) is 16.7. The quantitative estimate of drug-likeness (QED) is 0.179. The smallest absolute Gasteiger partial charge is 0.311 e. The molecule has 1 rings (SSSR count). The molecule has 0 aliphatic heterocycles. The molecule has 1 aromatic carbocycles. The summed E-state index contributed by atoms with van der Waals surface area (Å²) in [5, 5.41) is 20.2. The molecule has 0 aliphatic carbocycles. The average molecular weight is 491 g/mol. The van der Waals surface area contributed by atoms with Crippen LogP contribution in [0.3, 0.4) is 0 Å². The van der Waals surface area contributed by atoms with Crippen LogP contribution in [-0.4, -0.2) is 28.8 Å². The summed E-state index contributed by atoms with van der Waals surface area (Å²) in [5.41, 5.74) is 1.17. The van der Waals surface area contributed by atoms with Gasteiger partial charge >= 0.3 is 11.9 Å². The maximum Gasteiger partial charge on any atom is 0.311 e. The lowest BCUT2D eigenvalue weighted by Gasteiger charge is -2.25. The molecule has 1 aromatic rings. The Morgan fingerprint density at radius 1 is 0.743 bits per heavy atom. The molecule has 0 saturated heterocycles. The first-order valence-electron chi connectivity index (χ1n) is 13.9. The minimum atomic E-state index is -0.914. The predicted molar refractivity (Wildman–Crippen MR) is 143 cm³/mol. The summed E-state index contributed by atoms with van der Waals surface area (Å²) >= 11 is 0. The third-order valence-electron chi connectivity index (χ3n) is 6.74. The molecule has 2 atom stereocenters. The number of rotatable bonds is 20. The van der Waals surface area contributed by atoms with E-state index in [0.717, 1.165) is 25.7 Å².